The van der Waals surface area contributed by atoms with E-state index in [1.54, 1.807) is 6.92 Å². The Labute approximate surface area is 111 Å². The molecule has 0 aromatic carbocycles. The Kier molecular flexibility index (Phi) is 6.31. The first-order chi connectivity index (χ1) is 9.06. The predicted octanol–water partition coefficient (Wildman–Crippen LogP) is -0.506. The molecule has 0 aromatic rings. The average molecular weight is 272 g/mol. The molecule has 0 heterocycles. The van der Waals surface area contributed by atoms with Crippen LogP contribution >= 0.6 is 0 Å². The van der Waals surface area contributed by atoms with Crippen LogP contribution in [0.4, 0.5) is 4.79 Å². The summed E-state index contributed by atoms with van der Waals surface area (Å²) in [7, 11) is 0. The number of hydrogen-bond donors (Lipinski definition) is 4. The molecule has 1 rings (SSSR count). The van der Waals surface area contributed by atoms with Gasteiger partial charge in [0.1, 0.15) is 0 Å². The summed E-state index contributed by atoms with van der Waals surface area (Å²) in [6.07, 6.45) is 2.55. The Morgan fingerprint density at radius 2 is 2.16 bits per heavy atom. The molecule has 0 aromatic heterocycles. The molecule has 7 nitrogen and oxygen atoms in total. The lowest BCUT2D eigenvalue weighted by atomic mass is 10.1. The van der Waals surface area contributed by atoms with Crippen molar-refractivity contribution in [3.05, 3.63) is 12.3 Å². The summed E-state index contributed by atoms with van der Waals surface area (Å²) in [6.45, 7) is 2.19. The van der Waals surface area contributed by atoms with Crippen LogP contribution in [0.2, 0.25) is 0 Å². The number of carbonyl (C=O) groups excluding carboxylic acids is 2. The quantitative estimate of drug-likeness (QED) is 0.398. The van der Waals surface area contributed by atoms with Gasteiger partial charge in [-0.05, 0) is 25.7 Å². The van der Waals surface area contributed by atoms with E-state index in [9.17, 15) is 14.7 Å². The van der Waals surface area contributed by atoms with Gasteiger partial charge in [0, 0.05) is 12.7 Å². The van der Waals surface area contributed by atoms with Crippen molar-refractivity contribution in [3.8, 4) is 0 Å². The fraction of sp³-hybridized carbons (Fsp3) is 0.667. The highest BCUT2D eigenvalue weighted by Crippen LogP contribution is 2.25. The maximum absolute atomic E-state index is 11.5. The predicted molar refractivity (Wildman–Crippen MR) is 67.0 cm³/mol. The zero-order valence-corrected chi connectivity index (χ0v) is 10.8. The van der Waals surface area contributed by atoms with Crippen molar-refractivity contribution in [1.82, 2.24) is 10.6 Å². The molecule has 108 valence electrons. The van der Waals surface area contributed by atoms with Crippen molar-refractivity contribution in [2.24, 2.45) is 5.92 Å². The fourth-order valence-corrected chi connectivity index (χ4v) is 1.99. The van der Waals surface area contributed by atoms with E-state index in [0.717, 1.165) is 6.08 Å². The van der Waals surface area contributed by atoms with E-state index in [4.69, 9.17) is 9.84 Å². The van der Waals surface area contributed by atoms with Gasteiger partial charge in [-0.2, -0.15) is 0 Å². The van der Waals surface area contributed by atoms with Crippen molar-refractivity contribution >= 4 is 11.9 Å². The van der Waals surface area contributed by atoms with Gasteiger partial charge >= 0.3 is 6.03 Å². The fourth-order valence-electron chi connectivity index (χ4n) is 1.99. The number of urea groups is 1. The van der Waals surface area contributed by atoms with E-state index in [2.05, 4.69) is 10.6 Å². The van der Waals surface area contributed by atoms with Gasteiger partial charge < -0.3 is 20.3 Å². The number of aliphatic hydroxyl groups is 2. The van der Waals surface area contributed by atoms with E-state index in [-0.39, 0.29) is 12.5 Å². The molecule has 3 atom stereocenters. The molecule has 4 N–H and O–H groups in total. The third-order valence-electron chi connectivity index (χ3n) is 2.92. The molecule has 0 spiro atoms. The number of hydrogen-bond acceptors (Lipinski definition) is 5. The smallest absolute Gasteiger partial charge is 0.322 e. The summed E-state index contributed by atoms with van der Waals surface area (Å²) >= 11 is 0. The molecule has 3 unspecified atom stereocenters. The number of amides is 3. The van der Waals surface area contributed by atoms with Crippen molar-refractivity contribution in [3.63, 3.8) is 0 Å². The van der Waals surface area contributed by atoms with Gasteiger partial charge in [0.05, 0.1) is 25.0 Å². The minimum Gasteiger partial charge on any atom is -0.501 e. The van der Waals surface area contributed by atoms with Crippen LogP contribution in [0.1, 0.15) is 19.8 Å². The molecule has 19 heavy (non-hydrogen) atoms. The molecule has 0 bridgehead atoms. The van der Waals surface area contributed by atoms with E-state index >= 15 is 0 Å². The lowest BCUT2D eigenvalue weighted by Crippen LogP contribution is -2.46. The average Bonchev–Trinajstić information content (AvgIpc) is 2.70. The SMILES string of the molecule is CCO/C=C/C(=O)NC(=O)NC1CC(CO)CC1O. The number of rotatable bonds is 5. The van der Waals surface area contributed by atoms with Gasteiger partial charge in [-0.25, -0.2) is 4.79 Å². The van der Waals surface area contributed by atoms with Crippen molar-refractivity contribution in [1.29, 1.82) is 0 Å². The van der Waals surface area contributed by atoms with E-state index in [1.807, 2.05) is 0 Å². The highest BCUT2D eigenvalue weighted by Gasteiger charge is 2.33. The van der Waals surface area contributed by atoms with Gasteiger partial charge in [-0.3, -0.25) is 10.1 Å². The molecule has 1 fully saturated rings. The van der Waals surface area contributed by atoms with Gasteiger partial charge in [-0.1, -0.05) is 0 Å². The summed E-state index contributed by atoms with van der Waals surface area (Å²) in [6, 6.07) is -1.12. The van der Waals surface area contributed by atoms with Crippen molar-refractivity contribution in [2.45, 2.75) is 31.9 Å². The van der Waals surface area contributed by atoms with Crippen LogP contribution < -0.4 is 10.6 Å². The second kappa shape index (κ2) is 7.75. The lowest BCUT2D eigenvalue weighted by molar-refractivity contribution is -0.115. The minimum absolute atomic E-state index is 0.0196. The molecular formula is C12H20N2O5. The minimum atomic E-state index is -0.697. The molecule has 7 heteroatoms. The zero-order valence-electron chi connectivity index (χ0n) is 10.8. The maximum atomic E-state index is 11.5. The highest BCUT2D eigenvalue weighted by molar-refractivity contribution is 6.00. The summed E-state index contributed by atoms with van der Waals surface area (Å²) in [5, 5.41) is 23.3. The molecule has 1 aliphatic rings. The van der Waals surface area contributed by atoms with Crippen LogP contribution in [0, 0.1) is 5.92 Å². The van der Waals surface area contributed by atoms with Gasteiger partial charge in [0.2, 0.25) is 0 Å². The largest absolute Gasteiger partial charge is 0.501 e. The molecule has 0 radical (unpaired) electrons. The summed E-state index contributed by atoms with van der Waals surface area (Å²) in [5.41, 5.74) is 0. The number of aliphatic hydroxyl groups excluding tert-OH is 2. The van der Waals surface area contributed by atoms with E-state index in [0.29, 0.717) is 19.4 Å². The number of nitrogens with one attached hydrogen (secondary N) is 2. The Morgan fingerprint density at radius 3 is 2.74 bits per heavy atom. The number of imide groups is 1. The normalized spacial score (nSPS) is 26.4. The Bertz CT molecular complexity index is 345. The monoisotopic (exact) mass is 272 g/mol. The number of ether oxygens (including phenoxy) is 1. The second-order valence-corrected chi connectivity index (χ2v) is 4.41. The molecule has 1 aliphatic carbocycles. The van der Waals surface area contributed by atoms with Gasteiger partial charge in [0.15, 0.2) is 0 Å². The topological polar surface area (TPSA) is 108 Å². The van der Waals surface area contributed by atoms with Gasteiger partial charge in [-0.15, -0.1) is 0 Å². The van der Waals surface area contributed by atoms with Crippen LogP contribution in [-0.2, 0) is 9.53 Å². The van der Waals surface area contributed by atoms with Crippen LogP contribution in [0.5, 0.6) is 0 Å². The van der Waals surface area contributed by atoms with Crippen LogP contribution in [0.25, 0.3) is 0 Å². The Morgan fingerprint density at radius 1 is 1.42 bits per heavy atom. The van der Waals surface area contributed by atoms with Crippen molar-refractivity contribution in [2.75, 3.05) is 13.2 Å². The zero-order chi connectivity index (χ0) is 14.3. The van der Waals surface area contributed by atoms with Crippen molar-refractivity contribution < 1.29 is 24.5 Å². The summed E-state index contributed by atoms with van der Waals surface area (Å²) in [4.78, 5) is 22.8. The van der Waals surface area contributed by atoms with Crippen LogP contribution in [0.3, 0.4) is 0 Å². The first-order valence-electron chi connectivity index (χ1n) is 6.25. The summed E-state index contributed by atoms with van der Waals surface area (Å²) in [5.74, 6) is -0.619. The third kappa shape index (κ3) is 5.27. The second-order valence-electron chi connectivity index (χ2n) is 4.41. The maximum Gasteiger partial charge on any atom is 0.322 e. The van der Waals surface area contributed by atoms with Gasteiger partial charge in [0.25, 0.3) is 5.91 Å². The third-order valence-corrected chi connectivity index (χ3v) is 2.92. The lowest BCUT2D eigenvalue weighted by Gasteiger charge is -2.16. The first kappa shape index (κ1) is 15.5. The number of carbonyl (C=O) groups is 2. The van der Waals surface area contributed by atoms with E-state index in [1.165, 1.54) is 6.26 Å². The Balaban J connectivity index is 2.33. The van der Waals surface area contributed by atoms with E-state index < -0.39 is 24.1 Å². The highest BCUT2D eigenvalue weighted by atomic mass is 16.5. The van der Waals surface area contributed by atoms with Crippen LogP contribution in [-0.4, -0.2) is 47.5 Å². The Hall–Kier alpha value is -1.60. The standard InChI is InChI=1S/C12H20N2O5/c1-2-19-4-3-11(17)14-12(18)13-9-5-8(7-15)6-10(9)16/h3-4,8-10,15-16H,2,5-7H2,1H3,(H2,13,14,17,18)/b4-3+. The molecular weight excluding hydrogens is 252 g/mol. The molecule has 3 amide bonds. The first-order valence-corrected chi connectivity index (χ1v) is 6.25. The molecule has 0 saturated heterocycles. The van der Waals surface area contributed by atoms with Crippen LogP contribution in [0.15, 0.2) is 12.3 Å². The summed E-state index contributed by atoms with van der Waals surface area (Å²) < 4.78 is 4.82. The molecule has 1 saturated carbocycles. The molecule has 0 aliphatic heterocycles.